The predicted molar refractivity (Wildman–Crippen MR) is 85.6 cm³/mol. The molecule has 2 rings (SSSR count). The second-order valence-corrected chi connectivity index (χ2v) is 6.26. The molecular formula is C16H28N4O. The third-order valence-corrected chi connectivity index (χ3v) is 3.73. The Balaban J connectivity index is 1.79. The average molecular weight is 292 g/mol. The number of nitrogens with one attached hydrogen (secondary N) is 1. The topological polar surface area (TPSA) is 50.3 Å². The molecule has 21 heavy (non-hydrogen) atoms. The number of aryl methyl sites for hydroxylation is 1. The van der Waals surface area contributed by atoms with Crippen molar-refractivity contribution in [2.45, 2.75) is 46.2 Å². The average Bonchev–Trinajstić information content (AvgIpc) is 3.26. The van der Waals surface area contributed by atoms with Crippen molar-refractivity contribution >= 4 is 5.95 Å². The lowest BCUT2D eigenvalue weighted by molar-refractivity contribution is 0.130. The predicted octanol–water partition coefficient (Wildman–Crippen LogP) is 2.15. The van der Waals surface area contributed by atoms with Crippen LogP contribution in [0.5, 0.6) is 0 Å². The number of nitrogens with zero attached hydrogens (tertiary/aromatic N) is 3. The Morgan fingerprint density at radius 1 is 1.43 bits per heavy atom. The molecule has 0 radical (unpaired) electrons. The van der Waals surface area contributed by atoms with Crippen molar-refractivity contribution in [1.29, 1.82) is 0 Å². The SMILES string of the molecule is Cc1nc(N(C)CCOCC2CC2)ncc1CNC(C)C. The molecule has 1 aromatic rings. The molecule has 1 fully saturated rings. The molecule has 1 aliphatic carbocycles. The number of ether oxygens (including phenoxy) is 1. The molecule has 0 atom stereocenters. The highest BCUT2D eigenvalue weighted by molar-refractivity contribution is 5.31. The Labute approximate surface area is 128 Å². The highest BCUT2D eigenvalue weighted by atomic mass is 16.5. The third kappa shape index (κ3) is 5.59. The van der Waals surface area contributed by atoms with Crippen molar-refractivity contribution in [2.24, 2.45) is 5.92 Å². The minimum atomic E-state index is 0.468. The summed E-state index contributed by atoms with van der Waals surface area (Å²) in [7, 11) is 2.02. The zero-order valence-corrected chi connectivity index (χ0v) is 13.7. The Hall–Kier alpha value is -1.20. The van der Waals surface area contributed by atoms with Crippen LogP contribution >= 0.6 is 0 Å². The van der Waals surface area contributed by atoms with Gasteiger partial charge in [0.1, 0.15) is 0 Å². The number of hydrogen-bond acceptors (Lipinski definition) is 5. The molecule has 1 aromatic heterocycles. The van der Waals surface area contributed by atoms with Crippen LogP contribution in [0.4, 0.5) is 5.95 Å². The van der Waals surface area contributed by atoms with Gasteiger partial charge in [0.05, 0.1) is 6.61 Å². The van der Waals surface area contributed by atoms with Crippen LogP contribution in [-0.2, 0) is 11.3 Å². The first-order chi connectivity index (χ1) is 10.1. The highest BCUT2D eigenvalue weighted by Gasteiger charge is 2.21. The first kappa shape index (κ1) is 16.2. The maximum atomic E-state index is 5.66. The fourth-order valence-electron chi connectivity index (χ4n) is 1.99. The summed E-state index contributed by atoms with van der Waals surface area (Å²) in [6.07, 6.45) is 4.60. The molecule has 118 valence electrons. The van der Waals surface area contributed by atoms with Gasteiger partial charge >= 0.3 is 0 Å². The third-order valence-electron chi connectivity index (χ3n) is 3.73. The van der Waals surface area contributed by atoms with Crippen LogP contribution in [0.15, 0.2) is 6.20 Å². The van der Waals surface area contributed by atoms with Crippen molar-refractivity contribution in [3.05, 3.63) is 17.5 Å². The maximum Gasteiger partial charge on any atom is 0.225 e. The monoisotopic (exact) mass is 292 g/mol. The number of hydrogen-bond donors (Lipinski definition) is 1. The van der Waals surface area contributed by atoms with Gasteiger partial charge in [-0.25, -0.2) is 9.97 Å². The lowest BCUT2D eigenvalue weighted by Crippen LogP contribution is -2.26. The van der Waals surface area contributed by atoms with Gasteiger partial charge < -0.3 is 15.0 Å². The normalized spacial score (nSPS) is 14.7. The smallest absolute Gasteiger partial charge is 0.225 e. The van der Waals surface area contributed by atoms with Crippen LogP contribution in [0.25, 0.3) is 0 Å². The largest absolute Gasteiger partial charge is 0.379 e. The number of likely N-dealkylation sites (N-methyl/N-ethyl adjacent to an activating group) is 1. The van der Waals surface area contributed by atoms with E-state index in [1.807, 2.05) is 20.2 Å². The quantitative estimate of drug-likeness (QED) is 0.707. The summed E-state index contributed by atoms with van der Waals surface area (Å²) in [5, 5.41) is 3.40. The second-order valence-electron chi connectivity index (χ2n) is 6.26. The molecule has 0 spiro atoms. The van der Waals surface area contributed by atoms with E-state index < -0.39 is 0 Å². The van der Waals surface area contributed by atoms with Crippen LogP contribution in [-0.4, -0.2) is 42.8 Å². The van der Waals surface area contributed by atoms with Gasteiger partial charge in [0.2, 0.25) is 5.95 Å². The summed E-state index contributed by atoms with van der Waals surface area (Å²) in [4.78, 5) is 11.1. The second kappa shape index (κ2) is 7.71. The molecule has 0 saturated heterocycles. The Kier molecular flexibility index (Phi) is 5.94. The van der Waals surface area contributed by atoms with E-state index in [9.17, 15) is 0 Å². The zero-order chi connectivity index (χ0) is 15.2. The van der Waals surface area contributed by atoms with Gasteiger partial charge in [-0.1, -0.05) is 13.8 Å². The van der Waals surface area contributed by atoms with E-state index in [-0.39, 0.29) is 0 Å². The lowest BCUT2D eigenvalue weighted by atomic mass is 10.2. The molecule has 0 unspecified atom stereocenters. The molecule has 1 heterocycles. The summed E-state index contributed by atoms with van der Waals surface area (Å²) >= 11 is 0. The van der Waals surface area contributed by atoms with Crippen LogP contribution < -0.4 is 10.2 Å². The summed E-state index contributed by atoms with van der Waals surface area (Å²) in [6, 6.07) is 0.468. The van der Waals surface area contributed by atoms with Crippen molar-refractivity contribution in [3.8, 4) is 0 Å². The first-order valence-corrected chi connectivity index (χ1v) is 7.91. The molecule has 5 heteroatoms. The Morgan fingerprint density at radius 3 is 2.81 bits per heavy atom. The number of rotatable bonds is 9. The zero-order valence-electron chi connectivity index (χ0n) is 13.7. The van der Waals surface area contributed by atoms with Crippen molar-refractivity contribution < 1.29 is 4.74 Å². The number of aromatic nitrogens is 2. The summed E-state index contributed by atoms with van der Waals surface area (Å²) in [5.74, 6) is 1.59. The summed E-state index contributed by atoms with van der Waals surface area (Å²) in [5.41, 5.74) is 2.20. The molecule has 1 aliphatic rings. The number of anilines is 1. The minimum absolute atomic E-state index is 0.468. The van der Waals surface area contributed by atoms with E-state index in [1.54, 1.807) is 0 Å². The Bertz CT molecular complexity index is 446. The van der Waals surface area contributed by atoms with Crippen molar-refractivity contribution in [1.82, 2.24) is 15.3 Å². The van der Waals surface area contributed by atoms with E-state index in [0.717, 1.165) is 49.4 Å². The maximum absolute atomic E-state index is 5.66. The fourth-order valence-corrected chi connectivity index (χ4v) is 1.99. The van der Waals surface area contributed by atoms with Crippen LogP contribution in [0.3, 0.4) is 0 Å². The van der Waals surface area contributed by atoms with Gasteiger partial charge in [-0.3, -0.25) is 0 Å². The van der Waals surface area contributed by atoms with Gasteiger partial charge in [-0.15, -0.1) is 0 Å². The molecule has 0 bridgehead atoms. The molecule has 1 saturated carbocycles. The van der Waals surface area contributed by atoms with Gasteiger partial charge in [0, 0.05) is 50.2 Å². The van der Waals surface area contributed by atoms with E-state index in [0.29, 0.717) is 6.04 Å². The van der Waals surface area contributed by atoms with Gasteiger partial charge in [0.15, 0.2) is 0 Å². The van der Waals surface area contributed by atoms with Crippen LogP contribution in [0, 0.1) is 12.8 Å². The molecule has 1 N–H and O–H groups in total. The van der Waals surface area contributed by atoms with Gasteiger partial charge in [0.25, 0.3) is 0 Å². The minimum Gasteiger partial charge on any atom is -0.379 e. The summed E-state index contributed by atoms with van der Waals surface area (Å²) in [6.45, 7) is 9.62. The van der Waals surface area contributed by atoms with Gasteiger partial charge in [-0.2, -0.15) is 0 Å². The van der Waals surface area contributed by atoms with E-state index >= 15 is 0 Å². The standard InChI is InChI=1S/C16H28N4O/c1-12(2)17-9-15-10-18-16(19-13(15)3)20(4)7-8-21-11-14-5-6-14/h10,12,14,17H,5-9,11H2,1-4H3. The fraction of sp³-hybridized carbons (Fsp3) is 0.750. The molecule has 0 aromatic carbocycles. The van der Waals surface area contributed by atoms with Crippen molar-refractivity contribution in [3.63, 3.8) is 0 Å². The molecule has 0 amide bonds. The molecule has 0 aliphatic heterocycles. The first-order valence-electron chi connectivity index (χ1n) is 7.91. The lowest BCUT2D eigenvalue weighted by Gasteiger charge is -2.18. The molecule has 5 nitrogen and oxygen atoms in total. The highest BCUT2D eigenvalue weighted by Crippen LogP contribution is 2.28. The van der Waals surface area contributed by atoms with E-state index in [2.05, 4.69) is 34.0 Å². The van der Waals surface area contributed by atoms with Crippen LogP contribution in [0.2, 0.25) is 0 Å². The summed E-state index contributed by atoms with van der Waals surface area (Å²) < 4.78 is 5.66. The van der Waals surface area contributed by atoms with E-state index in [1.165, 1.54) is 12.8 Å². The van der Waals surface area contributed by atoms with Gasteiger partial charge in [-0.05, 0) is 25.7 Å². The Morgan fingerprint density at radius 2 is 2.19 bits per heavy atom. The van der Waals surface area contributed by atoms with Crippen LogP contribution in [0.1, 0.15) is 37.9 Å². The van der Waals surface area contributed by atoms with Crippen molar-refractivity contribution in [2.75, 3.05) is 31.7 Å². The molecular weight excluding hydrogens is 264 g/mol. The van der Waals surface area contributed by atoms with E-state index in [4.69, 9.17) is 4.74 Å².